The van der Waals surface area contributed by atoms with Crippen LogP contribution in [0.25, 0.3) is 10.9 Å². The third-order valence-corrected chi connectivity index (χ3v) is 4.10. The molecule has 1 aromatic heterocycles. The van der Waals surface area contributed by atoms with E-state index in [1.165, 1.54) is 26.5 Å². The van der Waals surface area contributed by atoms with Gasteiger partial charge in [-0.3, -0.25) is 0 Å². The van der Waals surface area contributed by atoms with Crippen molar-refractivity contribution in [1.82, 2.24) is 4.57 Å². The summed E-state index contributed by atoms with van der Waals surface area (Å²) in [6.45, 7) is 3.06. The van der Waals surface area contributed by atoms with Gasteiger partial charge in [0.1, 0.15) is 0 Å². The zero-order valence-corrected chi connectivity index (χ0v) is 11.8. The molecule has 90 valence electrons. The van der Waals surface area contributed by atoms with Gasteiger partial charge in [0.25, 0.3) is 0 Å². The van der Waals surface area contributed by atoms with Gasteiger partial charge in [0.2, 0.25) is 0 Å². The second kappa shape index (κ2) is 4.62. The molecule has 0 bridgehead atoms. The molecule has 0 saturated heterocycles. The number of halogens is 1. The molecule has 0 atom stereocenters. The van der Waals surface area contributed by atoms with E-state index in [4.69, 9.17) is 0 Å². The predicted octanol–water partition coefficient (Wildman–Crippen LogP) is 4.76. The Morgan fingerprint density at radius 1 is 1.00 bits per heavy atom. The number of fused-ring (bicyclic) bond motifs is 1. The number of aryl methyl sites for hydroxylation is 1. The van der Waals surface area contributed by atoms with Gasteiger partial charge in [0.15, 0.2) is 0 Å². The Kier molecular flexibility index (Phi) is 2.96. The third kappa shape index (κ3) is 1.97. The number of hydrogen-bond donors (Lipinski definition) is 0. The minimum absolute atomic E-state index is 0.897. The molecule has 2 aromatic carbocycles. The van der Waals surface area contributed by atoms with Crippen LogP contribution in [0.15, 0.2) is 59.2 Å². The highest BCUT2D eigenvalue weighted by atomic mass is 79.9. The molecule has 2 heteroatoms. The molecule has 0 aliphatic rings. The fourth-order valence-electron chi connectivity index (χ4n) is 2.33. The van der Waals surface area contributed by atoms with Crippen molar-refractivity contribution in [2.24, 2.45) is 0 Å². The lowest BCUT2D eigenvalue weighted by molar-refractivity contribution is 0.833. The summed E-state index contributed by atoms with van der Waals surface area (Å²) in [6, 6.07) is 17.0. The van der Waals surface area contributed by atoms with E-state index in [0.29, 0.717) is 0 Å². The maximum atomic E-state index is 3.61. The first-order valence-electron chi connectivity index (χ1n) is 6.03. The van der Waals surface area contributed by atoms with E-state index in [9.17, 15) is 0 Å². The molecular weight excluding hydrogens is 286 g/mol. The largest absolute Gasteiger partial charge is 0.343 e. The van der Waals surface area contributed by atoms with Crippen LogP contribution in [-0.4, -0.2) is 4.57 Å². The van der Waals surface area contributed by atoms with Gasteiger partial charge in [-0.2, -0.15) is 0 Å². The van der Waals surface area contributed by atoms with Gasteiger partial charge < -0.3 is 4.57 Å². The van der Waals surface area contributed by atoms with E-state index < -0.39 is 0 Å². The monoisotopic (exact) mass is 299 g/mol. The number of rotatable bonds is 2. The zero-order chi connectivity index (χ0) is 12.5. The molecule has 0 aliphatic carbocycles. The molecule has 0 N–H and O–H groups in total. The second-order valence-electron chi connectivity index (χ2n) is 4.54. The highest BCUT2D eigenvalue weighted by Gasteiger charge is 2.05. The topological polar surface area (TPSA) is 4.93 Å². The van der Waals surface area contributed by atoms with Gasteiger partial charge >= 0.3 is 0 Å². The van der Waals surface area contributed by atoms with Crippen molar-refractivity contribution < 1.29 is 0 Å². The van der Waals surface area contributed by atoms with Gasteiger partial charge in [-0.25, -0.2) is 0 Å². The number of hydrogen-bond acceptors (Lipinski definition) is 0. The Bertz CT molecular complexity index is 697. The summed E-state index contributed by atoms with van der Waals surface area (Å²) in [5, 5.41) is 1.34. The molecule has 0 aliphatic heterocycles. The van der Waals surface area contributed by atoms with E-state index in [-0.39, 0.29) is 0 Å². The third-order valence-electron chi connectivity index (χ3n) is 3.33. The smallest absolute Gasteiger partial charge is 0.0487 e. The van der Waals surface area contributed by atoms with Gasteiger partial charge in [0, 0.05) is 28.1 Å². The summed E-state index contributed by atoms with van der Waals surface area (Å²) < 4.78 is 3.46. The van der Waals surface area contributed by atoms with Crippen LogP contribution in [0.3, 0.4) is 0 Å². The average molecular weight is 300 g/mol. The molecule has 18 heavy (non-hydrogen) atoms. The molecule has 0 amide bonds. The van der Waals surface area contributed by atoms with Crippen molar-refractivity contribution in [3.8, 4) is 0 Å². The second-order valence-corrected chi connectivity index (χ2v) is 5.40. The first kappa shape index (κ1) is 11.5. The molecule has 0 saturated carbocycles. The van der Waals surface area contributed by atoms with Crippen LogP contribution in [0.5, 0.6) is 0 Å². The number of benzene rings is 2. The highest BCUT2D eigenvalue weighted by Crippen LogP contribution is 2.23. The van der Waals surface area contributed by atoms with Crippen LogP contribution < -0.4 is 0 Å². The summed E-state index contributed by atoms with van der Waals surface area (Å²) in [5.74, 6) is 0. The highest BCUT2D eigenvalue weighted by molar-refractivity contribution is 9.10. The maximum absolute atomic E-state index is 3.61. The standard InChI is InChI=1S/C16H14BrN/c1-12-5-4-8-16-14(12)9-10-18(16)11-13-6-2-3-7-15(13)17/h2-10H,11H2,1H3. The Hall–Kier alpha value is -1.54. The molecule has 0 unspecified atom stereocenters. The van der Waals surface area contributed by atoms with E-state index in [0.717, 1.165) is 6.54 Å². The predicted molar refractivity (Wildman–Crippen MR) is 79.9 cm³/mol. The van der Waals surface area contributed by atoms with Crippen molar-refractivity contribution in [2.45, 2.75) is 13.5 Å². The first-order valence-corrected chi connectivity index (χ1v) is 6.83. The molecule has 0 radical (unpaired) electrons. The SMILES string of the molecule is Cc1cccc2c1ccn2Cc1ccccc1Br. The lowest BCUT2D eigenvalue weighted by atomic mass is 10.1. The van der Waals surface area contributed by atoms with Gasteiger partial charge in [0.05, 0.1) is 0 Å². The van der Waals surface area contributed by atoms with Crippen LogP contribution in [0.1, 0.15) is 11.1 Å². The molecule has 1 heterocycles. The minimum Gasteiger partial charge on any atom is -0.343 e. The van der Waals surface area contributed by atoms with Crippen molar-refractivity contribution in [1.29, 1.82) is 0 Å². The average Bonchev–Trinajstić information content (AvgIpc) is 2.77. The summed E-state index contributed by atoms with van der Waals surface area (Å²) >= 11 is 3.61. The van der Waals surface area contributed by atoms with E-state index in [1.54, 1.807) is 0 Å². The number of nitrogens with zero attached hydrogens (tertiary/aromatic N) is 1. The Morgan fingerprint density at radius 2 is 1.83 bits per heavy atom. The summed E-state index contributed by atoms with van der Waals surface area (Å²) in [5.41, 5.74) is 3.93. The minimum atomic E-state index is 0.897. The fourth-order valence-corrected chi connectivity index (χ4v) is 2.74. The Balaban J connectivity index is 2.06. The van der Waals surface area contributed by atoms with Crippen LogP contribution in [0.2, 0.25) is 0 Å². The van der Waals surface area contributed by atoms with Crippen LogP contribution in [0.4, 0.5) is 0 Å². The van der Waals surface area contributed by atoms with Gasteiger partial charge in [-0.05, 0) is 36.2 Å². The van der Waals surface area contributed by atoms with Gasteiger partial charge in [-0.15, -0.1) is 0 Å². The van der Waals surface area contributed by atoms with Crippen molar-refractivity contribution in [3.05, 3.63) is 70.3 Å². The zero-order valence-electron chi connectivity index (χ0n) is 10.2. The van der Waals surface area contributed by atoms with Crippen molar-refractivity contribution in [2.75, 3.05) is 0 Å². The molecule has 3 aromatic rings. The van der Waals surface area contributed by atoms with Crippen LogP contribution >= 0.6 is 15.9 Å². The lowest BCUT2D eigenvalue weighted by Gasteiger charge is -2.08. The van der Waals surface area contributed by atoms with Gasteiger partial charge in [-0.1, -0.05) is 46.3 Å². The summed E-state index contributed by atoms with van der Waals surface area (Å²) in [6.07, 6.45) is 2.16. The Labute approximate surface area is 115 Å². The first-order chi connectivity index (χ1) is 8.75. The van der Waals surface area contributed by atoms with Crippen LogP contribution in [-0.2, 0) is 6.54 Å². The quantitative estimate of drug-likeness (QED) is 0.643. The van der Waals surface area contributed by atoms with E-state index >= 15 is 0 Å². The summed E-state index contributed by atoms with van der Waals surface area (Å²) in [4.78, 5) is 0. The molecule has 1 nitrogen and oxygen atoms in total. The molecule has 0 spiro atoms. The lowest BCUT2D eigenvalue weighted by Crippen LogP contribution is -1.98. The molecule has 0 fully saturated rings. The molecular formula is C16H14BrN. The van der Waals surface area contributed by atoms with E-state index in [1.807, 2.05) is 6.07 Å². The fraction of sp³-hybridized carbons (Fsp3) is 0.125. The molecule has 3 rings (SSSR count). The van der Waals surface area contributed by atoms with Crippen molar-refractivity contribution in [3.63, 3.8) is 0 Å². The summed E-state index contributed by atoms with van der Waals surface area (Å²) in [7, 11) is 0. The van der Waals surface area contributed by atoms with E-state index in [2.05, 4.69) is 76.1 Å². The number of aromatic nitrogens is 1. The van der Waals surface area contributed by atoms with Crippen molar-refractivity contribution >= 4 is 26.8 Å². The normalized spacial score (nSPS) is 11.0. The maximum Gasteiger partial charge on any atom is 0.0487 e. The Morgan fingerprint density at radius 3 is 2.67 bits per heavy atom. The van der Waals surface area contributed by atoms with Crippen LogP contribution in [0, 0.1) is 6.92 Å².